The number of non-ortho nitro benzene ring substituents is 2. The maximum Gasteiger partial charge on any atom is 0.527 e. The van der Waals surface area contributed by atoms with Gasteiger partial charge in [-0.05, 0) is 27.6 Å². The minimum Gasteiger partial charge on any atom is -0.303 e. The first-order valence-electron chi connectivity index (χ1n) is 14.4. The summed E-state index contributed by atoms with van der Waals surface area (Å²) in [7, 11) is 0. The van der Waals surface area contributed by atoms with Crippen molar-refractivity contribution in [1.82, 2.24) is 0 Å². The Morgan fingerprint density at radius 2 is 1.04 bits per heavy atom. The number of nitro benzene ring substituents is 3. The molecule has 0 heterocycles. The van der Waals surface area contributed by atoms with Crippen LogP contribution in [0.5, 0.6) is 0 Å². The maximum absolute atomic E-state index is 11.5. The second-order valence-corrected chi connectivity index (χ2v) is 11.0. The van der Waals surface area contributed by atoms with Gasteiger partial charge in [0.15, 0.2) is 11.6 Å². The van der Waals surface area contributed by atoms with Crippen molar-refractivity contribution in [2.24, 2.45) is 0 Å². The molecule has 0 fully saturated rings. The van der Waals surface area contributed by atoms with Crippen molar-refractivity contribution in [2.45, 2.75) is 0 Å². The predicted octanol–water partition coefficient (Wildman–Crippen LogP) is 6.61. The fourth-order valence-corrected chi connectivity index (χ4v) is 5.21. The van der Waals surface area contributed by atoms with Crippen LogP contribution in [0.2, 0.25) is 0 Å². The first-order chi connectivity index (χ1) is 27.1. The minimum atomic E-state index is -0.878. The number of ketones is 2. The standard InChI is InChI=1S/C16H5N5O6.C12H4N4.C8Cl2N2O2/c1-17-16(18-2)15-11-5-8(19(22)23)3-4-10(11)14-12(15)6-9(20(24)25)7-13(14)21(26)27;1-15-11(7-13)9-3-5-10(6-4-9)12(8-14)16-2;1-11-5-6(12-2)8(14)4(10)3(9)7(5)13/h3-7H;3-6H;. The number of nitrogens with zero attached hydrogens (tertiary/aromatic N) is 11. The number of nitro groups is 3. The monoisotopic (exact) mass is 793 g/mol. The molecule has 0 atom stereocenters. The lowest BCUT2D eigenvalue weighted by molar-refractivity contribution is -0.393. The molecule has 0 saturated heterocycles. The van der Waals surface area contributed by atoms with Gasteiger partial charge >= 0.3 is 5.82 Å². The molecule has 0 aliphatic heterocycles. The largest absolute Gasteiger partial charge is 0.527 e. The Bertz CT molecular complexity index is 2820. The number of hydrogen-bond donors (Lipinski definition) is 0. The molecule has 0 bridgehead atoms. The maximum atomic E-state index is 11.5. The van der Waals surface area contributed by atoms with Crippen molar-refractivity contribution >= 4 is 68.8 Å². The summed E-state index contributed by atoms with van der Waals surface area (Å²) in [4.78, 5) is 71.7. The number of rotatable bonds is 3. The fraction of sp³-hybridized carbons (Fsp3) is 0. The summed E-state index contributed by atoms with van der Waals surface area (Å²) in [6.45, 7) is 41.1. The Kier molecular flexibility index (Phi) is 13.2. The zero-order valence-corrected chi connectivity index (χ0v) is 29.1. The van der Waals surface area contributed by atoms with E-state index in [0.717, 1.165) is 24.3 Å². The minimum absolute atomic E-state index is 0.00660. The van der Waals surface area contributed by atoms with E-state index in [0.29, 0.717) is 10.4 Å². The van der Waals surface area contributed by atoms with E-state index < -0.39 is 65.0 Å². The molecule has 2 aliphatic rings. The molecule has 3 aromatic carbocycles. The lowest BCUT2D eigenvalue weighted by Crippen LogP contribution is -2.16. The molecular weight excluding hydrogens is 785 g/mol. The smallest absolute Gasteiger partial charge is 0.303 e. The van der Waals surface area contributed by atoms with Crippen LogP contribution in [0.1, 0.15) is 11.1 Å². The van der Waals surface area contributed by atoms with Crippen molar-refractivity contribution in [3.8, 4) is 23.3 Å². The molecule has 0 spiro atoms. The third kappa shape index (κ3) is 8.34. The van der Waals surface area contributed by atoms with Gasteiger partial charge in [-0.25, -0.2) is 29.9 Å². The van der Waals surface area contributed by atoms with E-state index in [1.807, 2.05) is 0 Å². The number of halogens is 2. The first-order valence-corrected chi connectivity index (χ1v) is 15.2. The number of hydrogen-bond acceptors (Lipinski definition) is 10. The molecule has 0 radical (unpaired) electrons. The molecule has 2 aliphatic carbocycles. The highest BCUT2D eigenvalue weighted by Crippen LogP contribution is 2.52. The summed E-state index contributed by atoms with van der Waals surface area (Å²) in [6.07, 6.45) is 0. The van der Waals surface area contributed by atoms with E-state index in [1.165, 1.54) is 6.07 Å². The van der Waals surface area contributed by atoms with E-state index in [9.17, 15) is 39.9 Å². The molecule has 21 heteroatoms. The zero-order chi connectivity index (χ0) is 42.7. The van der Waals surface area contributed by atoms with Crippen LogP contribution >= 0.6 is 23.2 Å². The third-order valence-electron chi connectivity index (χ3n) is 7.30. The second kappa shape index (κ2) is 17.9. The van der Waals surface area contributed by atoms with Crippen LogP contribution in [0.15, 0.2) is 81.9 Å². The van der Waals surface area contributed by atoms with Gasteiger partial charge in [-0.3, -0.25) is 30.3 Å². The lowest BCUT2D eigenvalue weighted by atomic mass is 10.0. The van der Waals surface area contributed by atoms with Crippen LogP contribution in [-0.4, -0.2) is 26.3 Å². The van der Waals surface area contributed by atoms with Gasteiger partial charge in [0.1, 0.15) is 13.1 Å². The van der Waals surface area contributed by atoms with Crippen molar-refractivity contribution in [1.29, 1.82) is 10.5 Å². The van der Waals surface area contributed by atoms with Crippen molar-refractivity contribution < 1.29 is 24.4 Å². The van der Waals surface area contributed by atoms with E-state index in [2.05, 4.69) is 29.1 Å². The van der Waals surface area contributed by atoms with Crippen molar-refractivity contribution in [3.63, 3.8) is 0 Å². The van der Waals surface area contributed by atoms with Gasteiger partial charge in [0.05, 0.1) is 80.5 Å². The molecular formula is C36H9Cl2N11O8. The summed E-state index contributed by atoms with van der Waals surface area (Å²) in [5.41, 5.74) is -2.57. The summed E-state index contributed by atoms with van der Waals surface area (Å²) >= 11 is 10.8. The number of carbonyl (C=O) groups is 2. The Hall–Kier alpha value is -9.34. The van der Waals surface area contributed by atoms with E-state index in [1.54, 1.807) is 36.4 Å². The predicted molar refractivity (Wildman–Crippen MR) is 197 cm³/mol. The van der Waals surface area contributed by atoms with Crippen LogP contribution in [-0.2, 0) is 9.59 Å². The number of Topliss-reactive ketones (excluding diaryl/α,β-unsaturated/α-hetero) is 2. The number of allylic oxidation sites excluding steroid dienone is 2. The number of carbonyl (C=O) groups excluding carboxylic acids is 2. The second-order valence-electron chi connectivity index (χ2n) is 10.2. The molecule has 0 N–H and O–H groups in total. The summed E-state index contributed by atoms with van der Waals surface area (Å²) < 4.78 is 0. The fourth-order valence-electron chi connectivity index (χ4n) is 4.86. The van der Waals surface area contributed by atoms with E-state index in [-0.39, 0.29) is 44.9 Å². The van der Waals surface area contributed by atoms with Gasteiger partial charge in [-0.2, -0.15) is 9.69 Å². The highest BCUT2D eigenvalue weighted by atomic mass is 35.5. The molecule has 3 aromatic rings. The van der Waals surface area contributed by atoms with Crippen LogP contribution in [0.4, 0.5) is 17.1 Å². The van der Waals surface area contributed by atoms with E-state index in [4.69, 9.17) is 73.2 Å². The Morgan fingerprint density at radius 1 is 0.596 bits per heavy atom. The van der Waals surface area contributed by atoms with Gasteiger partial charge in [0, 0.05) is 23.8 Å². The average molecular weight is 794 g/mol. The first kappa shape index (κ1) is 42.1. The van der Waals surface area contributed by atoms with Crippen molar-refractivity contribution in [3.05, 3.63) is 202 Å². The number of nitriles is 2. The normalized spacial score (nSPS) is 11.5. The summed E-state index contributed by atoms with van der Waals surface area (Å²) in [5, 5.41) is 51.0. The summed E-state index contributed by atoms with van der Waals surface area (Å²) in [6, 6.07) is 15.1. The van der Waals surface area contributed by atoms with Crippen molar-refractivity contribution in [2.75, 3.05) is 0 Å². The van der Waals surface area contributed by atoms with Gasteiger partial charge < -0.3 is 9.59 Å². The van der Waals surface area contributed by atoms with Crippen LogP contribution in [0, 0.1) is 92.4 Å². The zero-order valence-electron chi connectivity index (χ0n) is 27.6. The Balaban J connectivity index is 0.000000248. The Morgan fingerprint density at radius 3 is 1.39 bits per heavy atom. The molecule has 5 rings (SSSR count). The molecule has 57 heavy (non-hydrogen) atoms. The summed E-state index contributed by atoms with van der Waals surface area (Å²) in [5.74, 6) is -2.25. The molecule has 0 amide bonds. The molecule has 270 valence electrons. The molecule has 0 saturated carbocycles. The van der Waals surface area contributed by atoms with Crippen LogP contribution in [0.3, 0.4) is 0 Å². The number of fused-ring (bicyclic) bond motifs is 3. The SMILES string of the molecule is [C-]#[N+]C(C#N)=c1ccc(=C(C#N)[N+]#[C-])cc1.[C-]#[N+]C([N+]#[C-])=C1c2cc([N+](=O)[O-])ccc2-c2c1cc([N+](=O)[O-])cc2[N+](=O)[O-].[C-]#[N+]C1=C([N+]#[C-])C(=O)C(Cl)=C(Cl)C1=O. The third-order valence-corrected chi connectivity index (χ3v) is 8.12. The highest BCUT2D eigenvalue weighted by Gasteiger charge is 2.39. The quantitative estimate of drug-likeness (QED) is 0.0930. The van der Waals surface area contributed by atoms with Crippen LogP contribution < -0.4 is 10.4 Å². The molecule has 0 unspecified atom stereocenters. The number of benzene rings is 3. The molecule has 19 nitrogen and oxygen atoms in total. The Labute approximate surface area is 328 Å². The highest BCUT2D eigenvalue weighted by molar-refractivity contribution is 6.59. The topological polar surface area (TPSA) is 237 Å². The van der Waals surface area contributed by atoms with Gasteiger partial charge in [0.2, 0.25) is 11.4 Å². The van der Waals surface area contributed by atoms with Gasteiger partial charge in [-0.1, -0.05) is 47.5 Å². The van der Waals surface area contributed by atoms with Gasteiger partial charge in [-0.15, -0.1) is 0 Å². The van der Waals surface area contributed by atoms with E-state index >= 15 is 0 Å². The van der Waals surface area contributed by atoms with Gasteiger partial charge in [0.25, 0.3) is 28.5 Å². The lowest BCUT2D eigenvalue weighted by Gasteiger charge is -2.08. The molecule has 0 aromatic heterocycles. The van der Waals surface area contributed by atoms with Crippen LogP contribution in [0.25, 0.3) is 57.2 Å². The average Bonchev–Trinajstić information content (AvgIpc) is 3.53.